The van der Waals surface area contributed by atoms with Crippen molar-refractivity contribution in [3.05, 3.63) is 24.0 Å². The highest BCUT2D eigenvalue weighted by Crippen LogP contribution is 2.39. The second kappa shape index (κ2) is 7.72. The third-order valence-electron chi connectivity index (χ3n) is 3.72. The molecular weight excluding hydrogens is 302 g/mol. The van der Waals surface area contributed by atoms with Gasteiger partial charge in [-0.15, -0.1) is 0 Å². The molecule has 0 aromatic heterocycles. The molecule has 2 heterocycles. The van der Waals surface area contributed by atoms with Gasteiger partial charge in [0, 0.05) is 12.2 Å². The van der Waals surface area contributed by atoms with E-state index in [2.05, 4.69) is 11.7 Å². The molecule has 2 aliphatic rings. The van der Waals surface area contributed by atoms with Crippen molar-refractivity contribution in [1.29, 1.82) is 0 Å². The van der Waals surface area contributed by atoms with Gasteiger partial charge in [0.25, 0.3) is 0 Å². The van der Waals surface area contributed by atoms with Crippen molar-refractivity contribution in [1.82, 2.24) is 0 Å². The van der Waals surface area contributed by atoms with Crippen LogP contribution in [0, 0.1) is 0 Å². The van der Waals surface area contributed by atoms with Gasteiger partial charge in [-0.05, 0) is 25.0 Å². The number of aliphatic hydroxyl groups excluding tert-OH is 1. The topological polar surface area (TPSA) is 68.1 Å². The molecule has 0 aliphatic carbocycles. The quantitative estimate of drug-likeness (QED) is 0.267. The smallest absolute Gasteiger partial charge is 0.344 e. The predicted octanol–water partition coefficient (Wildman–Crippen LogP) is 3.37. The molecule has 0 radical (unpaired) electrons. The van der Waals surface area contributed by atoms with Crippen LogP contribution >= 0.6 is 11.8 Å². The van der Waals surface area contributed by atoms with Crippen molar-refractivity contribution in [2.24, 2.45) is 5.16 Å². The van der Waals surface area contributed by atoms with Gasteiger partial charge in [-0.3, -0.25) is 0 Å². The first-order valence-corrected chi connectivity index (χ1v) is 8.80. The van der Waals surface area contributed by atoms with Crippen LogP contribution in [0.25, 0.3) is 0 Å². The van der Waals surface area contributed by atoms with Crippen LogP contribution in [0.15, 0.2) is 29.1 Å². The highest BCUT2D eigenvalue weighted by atomic mass is 32.2. The van der Waals surface area contributed by atoms with Gasteiger partial charge >= 0.3 is 5.97 Å². The average molecular weight is 325 g/mol. The van der Waals surface area contributed by atoms with E-state index in [4.69, 9.17) is 9.57 Å². The summed E-state index contributed by atoms with van der Waals surface area (Å²) in [5.74, 6) is 1.41. The monoisotopic (exact) mass is 325 g/mol. The van der Waals surface area contributed by atoms with Crippen LogP contribution < -0.4 is 0 Å². The van der Waals surface area contributed by atoms with Crippen LogP contribution in [0.3, 0.4) is 0 Å². The Kier molecular flexibility index (Phi) is 5.94. The standard InChI is InChI=1S/C16H23NO4S/c1-3-6-12(17-20-8-4-2)14-13(18)10-16(21-15(14)19)7-5-9-22-11-16/h4,18H,2-3,5-11H2,1H3/b17-12+. The van der Waals surface area contributed by atoms with E-state index in [1.165, 1.54) is 0 Å². The van der Waals surface area contributed by atoms with Gasteiger partial charge in [0.05, 0.1) is 5.71 Å². The molecule has 122 valence electrons. The lowest BCUT2D eigenvalue weighted by Gasteiger charge is -2.39. The number of hydrogen-bond donors (Lipinski definition) is 1. The number of ether oxygens (including phenoxy) is 1. The van der Waals surface area contributed by atoms with E-state index in [1.54, 1.807) is 17.8 Å². The molecular formula is C16H23NO4S. The maximum atomic E-state index is 12.4. The molecule has 0 saturated carbocycles. The number of nitrogens with zero attached hydrogens (tertiary/aromatic N) is 1. The number of rotatable bonds is 6. The molecule has 0 amide bonds. The molecule has 1 fully saturated rings. The van der Waals surface area contributed by atoms with Gasteiger partial charge in [-0.25, -0.2) is 4.79 Å². The van der Waals surface area contributed by atoms with Crippen molar-refractivity contribution in [3.8, 4) is 0 Å². The minimum Gasteiger partial charge on any atom is -0.511 e. The van der Waals surface area contributed by atoms with E-state index in [0.717, 1.165) is 30.8 Å². The minimum atomic E-state index is -0.549. The van der Waals surface area contributed by atoms with Gasteiger partial charge in [-0.1, -0.05) is 31.2 Å². The van der Waals surface area contributed by atoms with Gasteiger partial charge in [0.15, 0.2) is 0 Å². The summed E-state index contributed by atoms with van der Waals surface area (Å²) in [6.07, 6.45) is 5.09. The Balaban J connectivity index is 2.23. The molecule has 2 rings (SSSR count). The molecule has 5 nitrogen and oxygen atoms in total. The average Bonchev–Trinajstić information content (AvgIpc) is 2.47. The molecule has 2 aliphatic heterocycles. The van der Waals surface area contributed by atoms with E-state index in [-0.39, 0.29) is 17.9 Å². The number of hydrogen-bond acceptors (Lipinski definition) is 6. The Hall–Kier alpha value is -1.43. The van der Waals surface area contributed by atoms with E-state index < -0.39 is 11.6 Å². The Labute approximate surface area is 135 Å². The lowest BCUT2D eigenvalue weighted by Crippen LogP contribution is -2.45. The summed E-state index contributed by atoms with van der Waals surface area (Å²) in [4.78, 5) is 17.5. The van der Waals surface area contributed by atoms with Crippen LogP contribution in [0.5, 0.6) is 0 Å². The fraction of sp³-hybridized carbons (Fsp3) is 0.625. The fourth-order valence-corrected chi connectivity index (χ4v) is 3.92. The van der Waals surface area contributed by atoms with E-state index in [9.17, 15) is 9.90 Å². The summed E-state index contributed by atoms with van der Waals surface area (Å²) in [7, 11) is 0. The van der Waals surface area contributed by atoms with Crippen molar-refractivity contribution in [2.45, 2.75) is 44.6 Å². The van der Waals surface area contributed by atoms with Crippen molar-refractivity contribution >= 4 is 23.4 Å². The lowest BCUT2D eigenvalue weighted by atomic mass is 9.88. The molecule has 6 heteroatoms. The summed E-state index contributed by atoms with van der Waals surface area (Å²) in [6.45, 7) is 5.79. The fourth-order valence-electron chi connectivity index (χ4n) is 2.75. The number of esters is 1. The Morgan fingerprint density at radius 2 is 2.45 bits per heavy atom. The van der Waals surface area contributed by atoms with Crippen LogP contribution in [-0.2, 0) is 14.4 Å². The lowest BCUT2D eigenvalue weighted by molar-refractivity contribution is -0.156. The Bertz CT molecular complexity index is 492. The number of aliphatic hydroxyl groups is 1. The predicted molar refractivity (Wildman–Crippen MR) is 88.1 cm³/mol. The van der Waals surface area contributed by atoms with E-state index in [0.29, 0.717) is 18.6 Å². The molecule has 0 aromatic carbocycles. The van der Waals surface area contributed by atoms with Crippen molar-refractivity contribution in [2.75, 3.05) is 18.1 Å². The normalized spacial score (nSPS) is 26.0. The summed E-state index contributed by atoms with van der Waals surface area (Å²) in [5, 5.41) is 14.4. The SMILES string of the molecule is C=CCO/N=C(\CCC)C1=C(O)CC2(CCCSC2)OC1=O. The van der Waals surface area contributed by atoms with Crippen molar-refractivity contribution in [3.63, 3.8) is 0 Å². The molecule has 1 N–H and O–H groups in total. The van der Waals surface area contributed by atoms with Gasteiger partial charge in [0.2, 0.25) is 0 Å². The number of carbonyl (C=O) groups is 1. The summed E-state index contributed by atoms with van der Waals surface area (Å²) in [6, 6.07) is 0. The zero-order valence-corrected chi connectivity index (χ0v) is 13.8. The molecule has 0 aromatic rings. The first-order chi connectivity index (χ1) is 10.6. The number of thioether (sulfide) groups is 1. The highest BCUT2D eigenvalue weighted by Gasteiger charge is 2.44. The summed E-state index contributed by atoms with van der Waals surface area (Å²) >= 11 is 1.76. The zero-order chi connectivity index (χ0) is 16.0. The molecule has 1 unspecified atom stereocenters. The molecule has 22 heavy (non-hydrogen) atoms. The second-order valence-corrected chi connectivity index (χ2v) is 6.70. The molecule has 1 saturated heterocycles. The third kappa shape index (κ3) is 3.85. The van der Waals surface area contributed by atoms with E-state index in [1.807, 2.05) is 6.92 Å². The number of oxime groups is 1. The minimum absolute atomic E-state index is 0.0770. The zero-order valence-electron chi connectivity index (χ0n) is 13.0. The summed E-state index contributed by atoms with van der Waals surface area (Å²) in [5.41, 5.74) is 0.0737. The second-order valence-electron chi connectivity index (χ2n) is 5.60. The van der Waals surface area contributed by atoms with Crippen molar-refractivity contribution < 1.29 is 19.5 Å². The molecule has 1 atom stereocenters. The first kappa shape index (κ1) is 16.9. The van der Waals surface area contributed by atoms with E-state index >= 15 is 0 Å². The maximum Gasteiger partial charge on any atom is 0.344 e. The Morgan fingerprint density at radius 3 is 3.05 bits per heavy atom. The number of carbonyl (C=O) groups excluding carboxylic acids is 1. The third-order valence-corrected chi connectivity index (χ3v) is 5.03. The van der Waals surface area contributed by atoms with Gasteiger partial charge in [-0.2, -0.15) is 11.8 Å². The van der Waals surface area contributed by atoms with Crippen LogP contribution in [0.4, 0.5) is 0 Å². The maximum absolute atomic E-state index is 12.4. The molecule has 0 bridgehead atoms. The van der Waals surface area contributed by atoms with Crippen LogP contribution in [-0.4, -0.2) is 40.5 Å². The van der Waals surface area contributed by atoms with Gasteiger partial charge in [0.1, 0.15) is 23.5 Å². The highest BCUT2D eigenvalue weighted by molar-refractivity contribution is 7.99. The van der Waals surface area contributed by atoms with Crippen LogP contribution in [0.1, 0.15) is 39.0 Å². The summed E-state index contributed by atoms with van der Waals surface area (Å²) < 4.78 is 5.70. The Morgan fingerprint density at radius 1 is 1.64 bits per heavy atom. The largest absolute Gasteiger partial charge is 0.511 e. The molecule has 1 spiro atoms. The first-order valence-electron chi connectivity index (χ1n) is 7.65. The van der Waals surface area contributed by atoms with Crippen LogP contribution in [0.2, 0.25) is 0 Å². The van der Waals surface area contributed by atoms with Gasteiger partial charge < -0.3 is 14.7 Å².